The van der Waals surface area contributed by atoms with E-state index in [1.807, 2.05) is 0 Å². The summed E-state index contributed by atoms with van der Waals surface area (Å²) in [5, 5.41) is 0. The molecule has 10 heavy (non-hydrogen) atoms. The molecule has 0 amide bonds. The van der Waals surface area contributed by atoms with Gasteiger partial charge in [0.15, 0.2) is 0 Å². The van der Waals surface area contributed by atoms with Crippen LogP contribution in [0, 0.1) is 11.8 Å². The summed E-state index contributed by atoms with van der Waals surface area (Å²) in [5.74, 6) is -2.50. The number of rotatable bonds is 1. The summed E-state index contributed by atoms with van der Waals surface area (Å²) in [6.07, 6.45) is -7.83. The van der Waals surface area contributed by atoms with Crippen molar-refractivity contribution < 1.29 is 22.0 Å². The van der Waals surface area contributed by atoms with Gasteiger partial charge in [0.25, 0.3) is 0 Å². The van der Waals surface area contributed by atoms with E-state index in [1.54, 1.807) is 0 Å². The molecular formula is C5H4F5. The lowest BCUT2D eigenvalue weighted by atomic mass is 10.3. The zero-order valence-electron chi connectivity index (χ0n) is 4.75. The van der Waals surface area contributed by atoms with E-state index in [0.717, 1.165) is 0 Å². The predicted molar refractivity (Wildman–Crippen MR) is 23.4 cm³/mol. The van der Waals surface area contributed by atoms with E-state index in [2.05, 4.69) is 0 Å². The third-order valence-corrected chi connectivity index (χ3v) is 1.40. The van der Waals surface area contributed by atoms with Crippen LogP contribution in [0.3, 0.4) is 0 Å². The van der Waals surface area contributed by atoms with Crippen LogP contribution in [-0.4, -0.2) is 12.6 Å². The molecule has 0 nitrogen and oxygen atoms in total. The maximum Gasteiger partial charge on any atom is 0.392 e. The summed E-state index contributed by atoms with van der Waals surface area (Å²) >= 11 is 0. The normalized spacial score (nSPS) is 27.6. The van der Waals surface area contributed by atoms with Crippen LogP contribution in [-0.2, 0) is 0 Å². The van der Waals surface area contributed by atoms with Crippen LogP contribution in [0.25, 0.3) is 0 Å². The lowest BCUT2D eigenvalue weighted by molar-refractivity contribution is -0.147. The van der Waals surface area contributed by atoms with Crippen LogP contribution in [0.4, 0.5) is 22.0 Å². The molecule has 0 aromatic rings. The summed E-state index contributed by atoms with van der Waals surface area (Å²) in [6.45, 7) is 0. The van der Waals surface area contributed by atoms with Gasteiger partial charge in [-0.15, -0.1) is 0 Å². The standard InChI is InChI=1S/C5H4F5/c6-4(7)2-1-3(2)5(8,9)10/h3-4H,1H2. The van der Waals surface area contributed by atoms with Gasteiger partial charge in [-0.3, -0.25) is 0 Å². The van der Waals surface area contributed by atoms with Gasteiger partial charge < -0.3 is 0 Å². The first-order valence-electron chi connectivity index (χ1n) is 2.63. The molecule has 1 unspecified atom stereocenters. The van der Waals surface area contributed by atoms with E-state index < -0.39 is 30.9 Å². The molecule has 1 atom stereocenters. The molecule has 1 aliphatic carbocycles. The summed E-state index contributed by atoms with van der Waals surface area (Å²) in [4.78, 5) is 0. The third-order valence-electron chi connectivity index (χ3n) is 1.40. The van der Waals surface area contributed by atoms with Crippen LogP contribution in [0.5, 0.6) is 0 Å². The van der Waals surface area contributed by atoms with Crippen molar-refractivity contribution in [2.45, 2.75) is 19.0 Å². The highest BCUT2D eigenvalue weighted by Crippen LogP contribution is 2.54. The minimum atomic E-state index is -4.45. The Kier molecular flexibility index (Phi) is 1.60. The van der Waals surface area contributed by atoms with Crippen LogP contribution in [0.15, 0.2) is 0 Å². The topological polar surface area (TPSA) is 0 Å². The molecule has 0 aromatic heterocycles. The van der Waals surface area contributed by atoms with Crippen molar-refractivity contribution in [2.75, 3.05) is 0 Å². The Labute approximate surface area is 54.0 Å². The Morgan fingerprint density at radius 3 is 1.90 bits per heavy atom. The van der Waals surface area contributed by atoms with Crippen LogP contribution in [0.1, 0.15) is 6.42 Å². The number of hydrogen-bond acceptors (Lipinski definition) is 0. The van der Waals surface area contributed by atoms with Crippen molar-refractivity contribution >= 4 is 0 Å². The fraction of sp³-hybridized carbons (Fsp3) is 0.800. The predicted octanol–water partition coefficient (Wildman–Crippen LogP) is 2.41. The van der Waals surface area contributed by atoms with Crippen molar-refractivity contribution in [2.24, 2.45) is 5.92 Å². The van der Waals surface area contributed by atoms with Gasteiger partial charge in [-0.1, -0.05) is 0 Å². The van der Waals surface area contributed by atoms with Crippen molar-refractivity contribution in [1.82, 2.24) is 0 Å². The molecule has 1 aliphatic rings. The molecule has 0 N–H and O–H groups in total. The summed E-state index contributed by atoms with van der Waals surface area (Å²) in [7, 11) is 0. The molecule has 0 aliphatic heterocycles. The second-order valence-electron chi connectivity index (χ2n) is 2.17. The van der Waals surface area contributed by atoms with E-state index in [0.29, 0.717) is 0 Å². The fourth-order valence-electron chi connectivity index (χ4n) is 0.744. The van der Waals surface area contributed by atoms with Gasteiger partial charge in [-0.2, -0.15) is 13.2 Å². The molecule has 0 spiro atoms. The molecule has 5 heteroatoms. The van der Waals surface area contributed by atoms with Crippen molar-refractivity contribution in [3.05, 3.63) is 5.92 Å². The molecule has 1 saturated carbocycles. The van der Waals surface area contributed by atoms with Crippen LogP contribution in [0.2, 0.25) is 0 Å². The molecule has 0 bridgehead atoms. The van der Waals surface area contributed by atoms with Gasteiger partial charge in [0.2, 0.25) is 6.43 Å². The molecule has 0 heterocycles. The van der Waals surface area contributed by atoms with E-state index in [1.165, 1.54) is 0 Å². The van der Waals surface area contributed by atoms with E-state index in [-0.39, 0.29) is 0 Å². The Balaban J connectivity index is 2.39. The fourth-order valence-corrected chi connectivity index (χ4v) is 0.744. The molecule has 59 valence electrons. The van der Waals surface area contributed by atoms with Crippen LogP contribution < -0.4 is 0 Å². The van der Waals surface area contributed by atoms with Crippen molar-refractivity contribution in [1.29, 1.82) is 0 Å². The average molecular weight is 159 g/mol. The molecular weight excluding hydrogens is 155 g/mol. The third kappa shape index (κ3) is 1.38. The first kappa shape index (κ1) is 7.75. The molecule has 0 aromatic carbocycles. The van der Waals surface area contributed by atoms with Crippen molar-refractivity contribution in [3.8, 4) is 0 Å². The SMILES string of the molecule is FC(F)[C]1CC1C(F)(F)F. The first-order valence-corrected chi connectivity index (χ1v) is 2.63. The molecule has 1 radical (unpaired) electrons. The summed E-state index contributed by atoms with van der Waals surface area (Å²) < 4.78 is 57.4. The number of alkyl halides is 5. The van der Waals surface area contributed by atoms with Crippen molar-refractivity contribution in [3.63, 3.8) is 0 Å². The van der Waals surface area contributed by atoms with Gasteiger partial charge in [0, 0.05) is 0 Å². The minimum Gasteiger partial charge on any atom is -0.210 e. The van der Waals surface area contributed by atoms with Gasteiger partial charge in [-0.05, 0) is 6.42 Å². The minimum absolute atomic E-state index is 0.485. The van der Waals surface area contributed by atoms with E-state index in [9.17, 15) is 22.0 Å². The Morgan fingerprint density at radius 1 is 1.30 bits per heavy atom. The molecule has 1 rings (SSSR count). The average Bonchev–Trinajstić information content (AvgIpc) is 2.35. The Bertz CT molecular complexity index is 126. The van der Waals surface area contributed by atoms with Gasteiger partial charge in [-0.25, -0.2) is 8.78 Å². The van der Waals surface area contributed by atoms with Crippen LogP contribution >= 0.6 is 0 Å². The quantitative estimate of drug-likeness (QED) is 0.515. The zero-order chi connectivity index (χ0) is 7.94. The molecule has 0 saturated heterocycles. The zero-order valence-corrected chi connectivity index (χ0v) is 4.75. The Hall–Kier alpha value is -0.350. The first-order chi connectivity index (χ1) is 4.43. The van der Waals surface area contributed by atoms with E-state index >= 15 is 0 Å². The second kappa shape index (κ2) is 2.07. The molecule has 1 fully saturated rings. The van der Waals surface area contributed by atoms with Gasteiger partial charge in [0.1, 0.15) is 0 Å². The summed E-state index contributed by atoms with van der Waals surface area (Å²) in [5.41, 5.74) is 0. The van der Waals surface area contributed by atoms with E-state index in [4.69, 9.17) is 0 Å². The smallest absolute Gasteiger partial charge is 0.210 e. The highest BCUT2D eigenvalue weighted by atomic mass is 19.4. The number of halogens is 5. The lowest BCUT2D eigenvalue weighted by Crippen LogP contribution is -2.13. The highest BCUT2D eigenvalue weighted by Gasteiger charge is 2.59. The van der Waals surface area contributed by atoms with Gasteiger partial charge >= 0.3 is 6.18 Å². The summed E-state index contributed by atoms with van der Waals surface area (Å²) in [6, 6.07) is 0. The highest BCUT2D eigenvalue weighted by molar-refractivity contribution is 5.18. The maximum atomic E-state index is 11.5. The monoisotopic (exact) mass is 159 g/mol. The number of hydrogen-bond donors (Lipinski definition) is 0. The lowest BCUT2D eigenvalue weighted by Gasteiger charge is -2.02. The Morgan fingerprint density at radius 2 is 1.80 bits per heavy atom. The second-order valence-corrected chi connectivity index (χ2v) is 2.17. The largest absolute Gasteiger partial charge is 0.392 e. The maximum absolute atomic E-state index is 11.5. The van der Waals surface area contributed by atoms with Gasteiger partial charge in [0.05, 0.1) is 11.8 Å².